The average Bonchev–Trinajstić information content (AvgIpc) is 2.26. The molecule has 0 aliphatic rings. The summed E-state index contributed by atoms with van der Waals surface area (Å²) in [6.07, 6.45) is 2.00. The summed E-state index contributed by atoms with van der Waals surface area (Å²) in [7, 11) is 0. The normalized spacial score (nSPS) is 10.3. The number of nitrogens with zero attached hydrogens (tertiary/aromatic N) is 2. The highest BCUT2D eigenvalue weighted by molar-refractivity contribution is 7.98. The summed E-state index contributed by atoms with van der Waals surface area (Å²) >= 11 is 1.61. The van der Waals surface area contributed by atoms with E-state index in [2.05, 4.69) is 15.3 Å². The second-order valence-electron chi connectivity index (χ2n) is 2.88. The van der Waals surface area contributed by atoms with Gasteiger partial charge in [0.2, 0.25) is 0 Å². The molecule has 0 fully saturated rings. The lowest BCUT2D eigenvalue weighted by molar-refractivity contribution is 0.128. The fraction of sp³-hybridized carbons (Fsp3) is 0.600. The van der Waals surface area contributed by atoms with E-state index in [4.69, 9.17) is 4.74 Å². The number of aromatic nitrogens is 2. The Labute approximate surface area is 94.8 Å². The Morgan fingerprint density at radius 3 is 2.80 bits per heavy atom. The molecule has 0 radical (unpaired) electrons. The summed E-state index contributed by atoms with van der Waals surface area (Å²) < 4.78 is 5.29. The van der Waals surface area contributed by atoms with Gasteiger partial charge in [-0.15, -0.1) is 11.8 Å². The molecular formula is C10H17N3OS. The fourth-order valence-electron chi connectivity index (χ4n) is 1.11. The molecule has 0 bridgehead atoms. The molecule has 1 aromatic rings. The third-order valence-electron chi connectivity index (χ3n) is 1.75. The first-order valence-corrected chi connectivity index (χ1v) is 6.26. The third-order valence-corrected chi connectivity index (χ3v) is 2.38. The summed E-state index contributed by atoms with van der Waals surface area (Å²) in [6, 6.07) is 1.95. The molecule has 1 heterocycles. The Bertz CT molecular complexity index is 307. The van der Waals surface area contributed by atoms with Gasteiger partial charge >= 0.3 is 0 Å². The molecule has 0 unspecified atom stereocenters. The molecule has 0 saturated heterocycles. The van der Waals surface area contributed by atoms with Crippen molar-refractivity contribution in [3.8, 4) is 0 Å². The zero-order chi connectivity index (χ0) is 11.1. The van der Waals surface area contributed by atoms with Crippen LogP contribution in [0.4, 0.5) is 5.82 Å². The largest absolute Gasteiger partial charge is 0.374 e. The van der Waals surface area contributed by atoms with Gasteiger partial charge in [-0.05, 0) is 20.1 Å². The van der Waals surface area contributed by atoms with E-state index in [9.17, 15) is 0 Å². The van der Waals surface area contributed by atoms with Crippen molar-refractivity contribution in [3.63, 3.8) is 0 Å². The minimum absolute atomic E-state index is 0.475. The van der Waals surface area contributed by atoms with E-state index >= 15 is 0 Å². The number of hydrogen-bond donors (Lipinski definition) is 1. The van der Waals surface area contributed by atoms with Crippen LogP contribution < -0.4 is 5.32 Å². The lowest BCUT2D eigenvalue weighted by atomic mass is 10.5. The average molecular weight is 227 g/mol. The lowest BCUT2D eigenvalue weighted by Crippen LogP contribution is -2.05. The zero-order valence-corrected chi connectivity index (χ0v) is 10.2. The van der Waals surface area contributed by atoms with Crippen LogP contribution in [0.1, 0.15) is 19.7 Å². The van der Waals surface area contributed by atoms with Crippen LogP contribution in [0.5, 0.6) is 0 Å². The van der Waals surface area contributed by atoms with Crippen LogP contribution >= 0.6 is 11.8 Å². The van der Waals surface area contributed by atoms with Crippen LogP contribution in [-0.4, -0.2) is 29.4 Å². The highest BCUT2D eigenvalue weighted by Crippen LogP contribution is 2.16. The van der Waals surface area contributed by atoms with Crippen molar-refractivity contribution >= 4 is 17.6 Å². The minimum Gasteiger partial charge on any atom is -0.374 e. The van der Waals surface area contributed by atoms with E-state index in [0.717, 1.165) is 23.2 Å². The Hall–Kier alpha value is -0.810. The van der Waals surface area contributed by atoms with E-state index in [1.165, 1.54) is 0 Å². The summed E-state index contributed by atoms with van der Waals surface area (Å²) in [5, 5.41) is 4.15. The first-order valence-electron chi connectivity index (χ1n) is 5.03. The van der Waals surface area contributed by atoms with Crippen molar-refractivity contribution in [3.05, 3.63) is 11.9 Å². The van der Waals surface area contributed by atoms with Gasteiger partial charge in [-0.25, -0.2) is 9.97 Å². The van der Waals surface area contributed by atoms with Crippen molar-refractivity contribution in [1.82, 2.24) is 9.97 Å². The van der Waals surface area contributed by atoms with Gasteiger partial charge in [0.15, 0.2) is 5.82 Å². The molecule has 1 aromatic heterocycles. The highest BCUT2D eigenvalue weighted by Gasteiger charge is 2.03. The highest BCUT2D eigenvalue weighted by atomic mass is 32.2. The van der Waals surface area contributed by atoms with Crippen molar-refractivity contribution in [2.45, 2.75) is 25.5 Å². The summed E-state index contributed by atoms with van der Waals surface area (Å²) in [5.41, 5.74) is 0. The Kier molecular flexibility index (Phi) is 5.42. The Balaban J connectivity index is 2.79. The van der Waals surface area contributed by atoms with Gasteiger partial charge in [0.25, 0.3) is 0 Å². The van der Waals surface area contributed by atoms with Crippen LogP contribution in [0.25, 0.3) is 0 Å². The molecular weight excluding hydrogens is 210 g/mol. The van der Waals surface area contributed by atoms with Gasteiger partial charge in [-0.1, -0.05) is 0 Å². The Morgan fingerprint density at radius 1 is 1.40 bits per heavy atom. The maximum absolute atomic E-state index is 5.29. The number of nitrogens with one attached hydrogen (secondary N) is 1. The summed E-state index contributed by atoms with van der Waals surface area (Å²) in [4.78, 5) is 8.71. The molecule has 0 amide bonds. The van der Waals surface area contributed by atoms with E-state index in [1.54, 1.807) is 11.8 Å². The number of hydrogen-bond acceptors (Lipinski definition) is 5. The van der Waals surface area contributed by atoms with Crippen molar-refractivity contribution in [1.29, 1.82) is 0 Å². The van der Waals surface area contributed by atoms with Crippen LogP contribution in [0.3, 0.4) is 0 Å². The molecule has 0 saturated carbocycles. The third kappa shape index (κ3) is 4.05. The second kappa shape index (κ2) is 6.63. The number of anilines is 1. The monoisotopic (exact) mass is 227 g/mol. The lowest BCUT2D eigenvalue weighted by Gasteiger charge is -2.07. The number of rotatable bonds is 6. The van der Waals surface area contributed by atoms with Gasteiger partial charge in [0, 0.05) is 19.2 Å². The molecule has 0 atom stereocenters. The molecule has 0 aliphatic carbocycles. The smallest absolute Gasteiger partial charge is 0.157 e. The topological polar surface area (TPSA) is 47.0 Å². The van der Waals surface area contributed by atoms with Crippen LogP contribution in [-0.2, 0) is 11.3 Å². The van der Waals surface area contributed by atoms with Crippen LogP contribution in [0.2, 0.25) is 0 Å². The maximum atomic E-state index is 5.29. The van der Waals surface area contributed by atoms with E-state index in [-0.39, 0.29) is 0 Å². The molecule has 4 nitrogen and oxygen atoms in total. The molecule has 1 N–H and O–H groups in total. The van der Waals surface area contributed by atoms with Crippen LogP contribution in [0, 0.1) is 0 Å². The standard InChI is InChI=1S/C10H17N3OS/c1-4-11-8-6-10(15-3)13-9(12-8)7-14-5-2/h6H,4-5,7H2,1-3H3,(H,11,12,13). The summed E-state index contributed by atoms with van der Waals surface area (Å²) in [5.74, 6) is 1.60. The molecule has 15 heavy (non-hydrogen) atoms. The molecule has 5 heteroatoms. The van der Waals surface area contributed by atoms with E-state index in [0.29, 0.717) is 13.2 Å². The first kappa shape index (κ1) is 12.3. The minimum atomic E-state index is 0.475. The van der Waals surface area contributed by atoms with Gasteiger partial charge in [-0.2, -0.15) is 0 Å². The quantitative estimate of drug-likeness (QED) is 0.596. The predicted molar refractivity (Wildman–Crippen MR) is 63.3 cm³/mol. The zero-order valence-electron chi connectivity index (χ0n) is 9.41. The molecule has 1 rings (SSSR count). The SMILES string of the molecule is CCNc1cc(SC)nc(COCC)n1. The number of thioether (sulfide) groups is 1. The van der Waals surface area contributed by atoms with Gasteiger partial charge in [0.1, 0.15) is 17.5 Å². The fourth-order valence-corrected chi connectivity index (χ4v) is 1.53. The van der Waals surface area contributed by atoms with Gasteiger partial charge in [-0.3, -0.25) is 0 Å². The first-order chi connectivity index (χ1) is 7.30. The molecule has 84 valence electrons. The van der Waals surface area contributed by atoms with Gasteiger partial charge < -0.3 is 10.1 Å². The molecule has 0 aliphatic heterocycles. The number of ether oxygens (including phenoxy) is 1. The van der Waals surface area contributed by atoms with Crippen LogP contribution in [0.15, 0.2) is 11.1 Å². The summed E-state index contributed by atoms with van der Waals surface area (Å²) in [6.45, 7) is 6.03. The molecule has 0 spiro atoms. The van der Waals surface area contributed by atoms with Crippen molar-refractivity contribution in [2.75, 3.05) is 24.7 Å². The molecule has 0 aromatic carbocycles. The Morgan fingerprint density at radius 2 is 2.20 bits per heavy atom. The maximum Gasteiger partial charge on any atom is 0.157 e. The van der Waals surface area contributed by atoms with Crippen molar-refractivity contribution in [2.24, 2.45) is 0 Å². The van der Waals surface area contributed by atoms with E-state index < -0.39 is 0 Å². The second-order valence-corrected chi connectivity index (χ2v) is 3.71. The van der Waals surface area contributed by atoms with Gasteiger partial charge in [0.05, 0.1) is 0 Å². The van der Waals surface area contributed by atoms with Crippen molar-refractivity contribution < 1.29 is 4.74 Å². The predicted octanol–water partition coefficient (Wildman–Crippen LogP) is 2.17. The van der Waals surface area contributed by atoms with E-state index in [1.807, 2.05) is 26.2 Å².